The van der Waals surface area contributed by atoms with Crippen LogP contribution in [-0.4, -0.2) is 30.4 Å². The minimum atomic E-state index is -0.964. The summed E-state index contributed by atoms with van der Waals surface area (Å²) in [6, 6.07) is 12.4. The number of rotatable bonds is 8. The molecule has 0 spiro atoms. The third kappa shape index (κ3) is 6.23. The lowest BCUT2D eigenvalue weighted by Gasteiger charge is -2.14. The molecule has 1 unspecified atom stereocenters. The fraction of sp³-hybridized carbons (Fsp3) is 0.318. The molecule has 148 valence electrons. The van der Waals surface area contributed by atoms with E-state index in [2.05, 4.69) is 5.32 Å². The molecule has 1 atom stereocenters. The summed E-state index contributed by atoms with van der Waals surface area (Å²) in [4.78, 5) is 35.6. The Morgan fingerprint density at radius 2 is 1.82 bits per heavy atom. The van der Waals surface area contributed by atoms with Gasteiger partial charge in [0.25, 0.3) is 5.91 Å². The van der Waals surface area contributed by atoms with Crippen molar-refractivity contribution in [1.82, 2.24) is 0 Å². The number of ether oxygens (including phenoxy) is 2. The molecule has 0 aliphatic carbocycles. The minimum Gasteiger partial charge on any atom is -0.493 e. The first-order valence-corrected chi connectivity index (χ1v) is 9.07. The Morgan fingerprint density at radius 1 is 1.07 bits per heavy atom. The van der Waals surface area contributed by atoms with E-state index < -0.39 is 18.0 Å². The van der Waals surface area contributed by atoms with Crippen LogP contribution in [0.1, 0.15) is 41.8 Å². The van der Waals surface area contributed by atoms with Crippen molar-refractivity contribution in [1.29, 1.82) is 0 Å². The van der Waals surface area contributed by atoms with E-state index in [9.17, 15) is 14.4 Å². The Balaban J connectivity index is 1.81. The molecule has 2 rings (SSSR count). The number of Topliss-reactive ketones (excluding diaryl/α,β-unsaturated/α-hetero) is 1. The maximum Gasteiger partial charge on any atom is 0.310 e. The lowest BCUT2D eigenvalue weighted by Crippen LogP contribution is -2.30. The van der Waals surface area contributed by atoms with Crippen molar-refractivity contribution in [3.63, 3.8) is 0 Å². The highest BCUT2D eigenvalue weighted by molar-refractivity contribution is 5.98. The number of ketones is 1. The summed E-state index contributed by atoms with van der Waals surface area (Å²) in [5.74, 6) is -0.363. The summed E-state index contributed by atoms with van der Waals surface area (Å²) in [5.41, 5.74) is 3.02. The van der Waals surface area contributed by atoms with E-state index in [4.69, 9.17) is 9.47 Å². The van der Waals surface area contributed by atoms with E-state index in [0.29, 0.717) is 11.3 Å². The number of nitrogens with one attached hydrogen (secondary N) is 1. The predicted molar refractivity (Wildman–Crippen MR) is 107 cm³/mol. The number of amides is 1. The number of hydrogen-bond acceptors (Lipinski definition) is 5. The van der Waals surface area contributed by atoms with Gasteiger partial charge in [0.05, 0.1) is 13.0 Å². The van der Waals surface area contributed by atoms with Gasteiger partial charge in [0.2, 0.25) is 0 Å². The summed E-state index contributed by atoms with van der Waals surface area (Å²) in [5, 5.41) is 2.64. The summed E-state index contributed by atoms with van der Waals surface area (Å²) >= 11 is 0. The van der Waals surface area contributed by atoms with Crippen molar-refractivity contribution in [2.75, 3.05) is 11.9 Å². The molecule has 2 aromatic carbocycles. The number of benzene rings is 2. The van der Waals surface area contributed by atoms with Gasteiger partial charge in [0, 0.05) is 11.3 Å². The van der Waals surface area contributed by atoms with Crippen LogP contribution in [0.2, 0.25) is 0 Å². The molecule has 0 aliphatic rings. The Kier molecular flexibility index (Phi) is 7.32. The van der Waals surface area contributed by atoms with E-state index in [0.717, 1.165) is 16.9 Å². The second-order valence-corrected chi connectivity index (χ2v) is 6.63. The number of esters is 1. The average molecular weight is 383 g/mol. The largest absolute Gasteiger partial charge is 0.493 e. The number of anilines is 1. The van der Waals surface area contributed by atoms with E-state index in [1.807, 2.05) is 32.0 Å². The van der Waals surface area contributed by atoms with Crippen LogP contribution in [0, 0.1) is 13.8 Å². The second kappa shape index (κ2) is 9.69. The predicted octanol–water partition coefficient (Wildman–Crippen LogP) is 3.85. The van der Waals surface area contributed by atoms with Crippen LogP contribution in [-0.2, 0) is 14.3 Å². The Hall–Kier alpha value is -3.15. The molecule has 6 nitrogen and oxygen atoms in total. The van der Waals surface area contributed by atoms with Crippen LogP contribution in [0.3, 0.4) is 0 Å². The van der Waals surface area contributed by atoms with Crippen LogP contribution in [0.4, 0.5) is 5.69 Å². The number of hydrogen-bond donors (Lipinski definition) is 1. The summed E-state index contributed by atoms with van der Waals surface area (Å²) in [6.07, 6.45) is -0.931. The van der Waals surface area contributed by atoms with E-state index >= 15 is 0 Å². The van der Waals surface area contributed by atoms with Gasteiger partial charge in [-0.25, -0.2) is 0 Å². The zero-order valence-corrected chi connectivity index (χ0v) is 16.6. The monoisotopic (exact) mass is 383 g/mol. The van der Waals surface area contributed by atoms with E-state index in [-0.39, 0.29) is 18.8 Å². The third-order valence-corrected chi connectivity index (χ3v) is 4.12. The number of carbonyl (C=O) groups excluding carboxylic acids is 3. The molecule has 0 fully saturated rings. The molecule has 0 saturated heterocycles. The van der Waals surface area contributed by atoms with E-state index in [1.54, 1.807) is 24.3 Å². The molecule has 0 bridgehead atoms. The molecule has 0 aromatic heterocycles. The topological polar surface area (TPSA) is 81.7 Å². The van der Waals surface area contributed by atoms with Gasteiger partial charge in [-0.1, -0.05) is 24.3 Å². The van der Waals surface area contributed by atoms with Gasteiger partial charge in [-0.05, 0) is 57.0 Å². The highest BCUT2D eigenvalue weighted by Crippen LogP contribution is 2.19. The molecular formula is C22H25NO5. The smallest absolute Gasteiger partial charge is 0.310 e. The highest BCUT2D eigenvalue weighted by Gasteiger charge is 2.18. The molecule has 0 radical (unpaired) electrons. The summed E-state index contributed by atoms with van der Waals surface area (Å²) in [6.45, 7) is 7.00. The van der Waals surface area contributed by atoms with Gasteiger partial charge in [-0.15, -0.1) is 0 Å². The van der Waals surface area contributed by atoms with Gasteiger partial charge in [0.15, 0.2) is 11.9 Å². The van der Waals surface area contributed by atoms with Crippen LogP contribution >= 0.6 is 0 Å². The minimum absolute atomic E-state index is 0.0326. The van der Waals surface area contributed by atoms with Crippen molar-refractivity contribution < 1.29 is 23.9 Å². The first kappa shape index (κ1) is 21.2. The normalized spacial score (nSPS) is 11.4. The maximum absolute atomic E-state index is 12.2. The SMILES string of the molecule is CC(=O)c1cccc(NC(=O)C(C)OC(=O)CCOc2cc(C)ccc2C)c1. The molecule has 28 heavy (non-hydrogen) atoms. The van der Waals surface area contributed by atoms with Crippen molar-refractivity contribution in [2.24, 2.45) is 0 Å². The molecule has 1 amide bonds. The quantitative estimate of drug-likeness (QED) is 0.553. The Bertz CT molecular complexity index is 875. The van der Waals surface area contributed by atoms with Crippen LogP contribution < -0.4 is 10.1 Å². The Morgan fingerprint density at radius 3 is 2.54 bits per heavy atom. The van der Waals surface area contributed by atoms with Crippen molar-refractivity contribution in [3.05, 3.63) is 59.2 Å². The second-order valence-electron chi connectivity index (χ2n) is 6.63. The third-order valence-electron chi connectivity index (χ3n) is 4.12. The average Bonchev–Trinajstić information content (AvgIpc) is 2.64. The fourth-order valence-corrected chi connectivity index (χ4v) is 2.48. The molecule has 2 aromatic rings. The molecule has 6 heteroatoms. The molecular weight excluding hydrogens is 358 g/mol. The molecule has 0 heterocycles. The molecule has 0 aliphatic heterocycles. The van der Waals surface area contributed by atoms with Crippen molar-refractivity contribution in [3.8, 4) is 5.75 Å². The van der Waals surface area contributed by atoms with Gasteiger partial charge >= 0.3 is 5.97 Å². The number of aryl methyl sites for hydroxylation is 2. The molecule has 0 saturated carbocycles. The van der Waals surface area contributed by atoms with Crippen LogP contribution in [0.15, 0.2) is 42.5 Å². The van der Waals surface area contributed by atoms with Crippen molar-refractivity contribution in [2.45, 2.75) is 40.2 Å². The van der Waals surface area contributed by atoms with E-state index in [1.165, 1.54) is 13.8 Å². The van der Waals surface area contributed by atoms with Gasteiger partial charge in [0.1, 0.15) is 5.75 Å². The first-order valence-electron chi connectivity index (χ1n) is 9.07. The summed E-state index contributed by atoms with van der Waals surface area (Å²) < 4.78 is 10.8. The number of carbonyl (C=O) groups is 3. The first-order chi connectivity index (χ1) is 13.3. The van der Waals surface area contributed by atoms with Crippen LogP contribution in [0.25, 0.3) is 0 Å². The van der Waals surface area contributed by atoms with Crippen LogP contribution in [0.5, 0.6) is 5.75 Å². The maximum atomic E-state index is 12.2. The fourth-order valence-electron chi connectivity index (χ4n) is 2.48. The lowest BCUT2D eigenvalue weighted by molar-refractivity contribution is -0.153. The highest BCUT2D eigenvalue weighted by atomic mass is 16.5. The summed E-state index contributed by atoms with van der Waals surface area (Å²) in [7, 11) is 0. The lowest BCUT2D eigenvalue weighted by atomic mass is 10.1. The van der Waals surface area contributed by atoms with Crippen molar-refractivity contribution >= 4 is 23.3 Å². The zero-order chi connectivity index (χ0) is 20.7. The van der Waals surface area contributed by atoms with Gasteiger partial charge in [-0.2, -0.15) is 0 Å². The zero-order valence-electron chi connectivity index (χ0n) is 16.6. The van der Waals surface area contributed by atoms with Gasteiger partial charge in [-0.3, -0.25) is 14.4 Å². The van der Waals surface area contributed by atoms with Gasteiger partial charge < -0.3 is 14.8 Å². The standard InChI is InChI=1S/C22H25NO5/c1-14-8-9-15(2)20(12-14)27-11-10-21(25)28-17(4)22(26)23-19-7-5-6-18(13-19)16(3)24/h5-9,12-13,17H,10-11H2,1-4H3,(H,23,26). The Labute approximate surface area is 164 Å². The molecule has 1 N–H and O–H groups in total.